The van der Waals surface area contributed by atoms with E-state index in [1.807, 2.05) is 12.1 Å². The first-order chi connectivity index (χ1) is 11.2. The molecule has 0 radical (unpaired) electrons. The van der Waals surface area contributed by atoms with Gasteiger partial charge in [0.05, 0.1) is 25.5 Å². The molecule has 1 aliphatic rings. The highest BCUT2D eigenvalue weighted by molar-refractivity contribution is 5.78. The second-order valence-corrected chi connectivity index (χ2v) is 6.01. The molecular formula is C17H29N3O3. The minimum atomic E-state index is 0.00839. The summed E-state index contributed by atoms with van der Waals surface area (Å²) < 4.78 is 5.54. The van der Waals surface area contributed by atoms with Crippen LogP contribution in [0.5, 0.6) is 0 Å². The predicted molar refractivity (Wildman–Crippen MR) is 89.1 cm³/mol. The van der Waals surface area contributed by atoms with Gasteiger partial charge < -0.3 is 14.8 Å². The van der Waals surface area contributed by atoms with Gasteiger partial charge in [0, 0.05) is 12.6 Å². The zero-order chi connectivity index (χ0) is 16.7. The molecule has 1 aliphatic heterocycles. The Morgan fingerprint density at radius 3 is 2.91 bits per heavy atom. The van der Waals surface area contributed by atoms with Gasteiger partial charge in [-0.15, -0.1) is 0 Å². The number of carbonyl (C=O) groups excluding carboxylic acids is 1. The van der Waals surface area contributed by atoms with E-state index in [-0.39, 0.29) is 24.6 Å². The number of carbonyl (C=O) groups is 1. The largest absolute Gasteiger partial charge is 0.468 e. The van der Waals surface area contributed by atoms with Gasteiger partial charge in [-0.25, -0.2) is 0 Å². The molecular weight excluding hydrogens is 294 g/mol. The molecule has 1 amide bonds. The molecule has 1 aromatic rings. The molecule has 2 heterocycles. The second kappa shape index (κ2) is 9.05. The Morgan fingerprint density at radius 1 is 1.52 bits per heavy atom. The van der Waals surface area contributed by atoms with E-state index in [9.17, 15) is 9.90 Å². The van der Waals surface area contributed by atoms with E-state index < -0.39 is 0 Å². The third-order valence-corrected chi connectivity index (χ3v) is 4.67. The number of aliphatic hydroxyl groups is 1. The van der Waals surface area contributed by atoms with Crippen LogP contribution in [-0.4, -0.2) is 66.2 Å². The number of likely N-dealkylation sites (tertiary alicyclic amines) is 1. The third-order valence-electron chi connectivity index (χ3n) is 4.67. The molecule has 2 rings (SSSR count). The van der Waals surface area contributed by atoms with Crippen LogP contribution in [0, 0.1) is 0 Å². The average molecular weight is 323 g/mol. The maximum absolute atomic E-state index is 12.3. The summed E-state index contributed by atoms with van der Waals surface area (Å²) in [5.41, 5.74) is 0. The first-order valence-electron chi connectivity index (χ1n) is 8.58. The number of nitrogens with zero attached hydrogens (tertiary/aromatic N) is 2. The van der Waals surface area contributed by atoms with Crippen molar-refractivity contribution in [2.45, 2.75) is 38.8 Å². The summed E-state index contributed by atoms with van der Waals surface area (Å²) in [5.74, 6) is 0.887. The van der Waals surface area contributed by atoms with Crippen LogP contribution in [0.1, 0.15) is 38.5 Å². The van der Waals surface area contributed by atoms with Crippen LogP contribution in [0.2, 0.25) is 0 Å². The minimum Gasteiger partial charge on any atom is -0.468 e. The minimum absolute atomic E-state index is 0.00839. The number of furan rings is 1. The van der Waals surface area contributed by atoms with E-state index >= 15 is 0 Å². The summed E-state index contributed by atoms with van der Waals surface area (Å²) in [5, 5.41) is 12.4. The maximum Gasteiger partial charge on any atom is 0.234 e. The molecule has 1 fully saturated rings. The summed E-state index contributed by atoms with van der Waals surface area (Å²) in [6.45, 7) is 7.92. The molecule has 0 aromatic carbocycles. The monoisotopic (exact) mass is 323 g/mol. The topological polar surface area (TPSA) is 69.0 Å². The van der Waals surface area contributed by atoms with Gasteiger partial charge in [0.1, 0.15) is 5.76 Å². The molecule has 0 saturated carbocycles. The Balaban J connectivity index is 1.89. The number of hydrogen-bond acceptors (Lipinski definition) is 5. The molecule has 23 heavy (non-hydrogen) atoms. The first-order valence-corrected chi connectivity index (χ1v) is 8.58. The van der Waals surface area contributed by atoms with E-state index in [0.717, 1.165) is 38.2 Å². The molecule has 0 bridgehead atoms. The number of nitrogens with one attached hydrogen (secondary N) is 1. The van der Waals surface area contributed by atoms with Crippen molar-refractivity contribution in [1.82, 2.24) is 15.1 Å². The van der Waals surface area contributed by atoms with Crippen molar-refractivity contribution in [3.05, 3.63) is 24.2 Å². The van der Waals surface area contributed by atoms with Crippen molar-refractivity contribution in [3.8, 4) is 0 Å². The lowest BCUT2D eigenvalue weighted by Crippen LogP contribution is -2.44. The summed E-state index contributed by atoms with van der Waals surface area (Å²) in [6.07, 6.45) is 3.69. The van der Waals surface area contributed by atoms with E-state index in [1.165, 1.54) is 0 Å². The molecule has 1 aromatic heterocycles. The molecule has 2 N–H and O–H groups in total. The van der Waals surface area contributed by atoms with E-state index in [4.69, 9.17) is 4.42 Å². The highest BCUT2D eigenvalue weighted by Crippen LogP contribution is 2.20. The van der Waals surface area contributed by atoms with Crippen LogP contribution in [0.3, 0.4) is 0 Å². The van der Waals surface area contributed by atoms with Crippen molar-refractivity contribution in [2.24, 2.45) is 0 Å². The summed E-state index contributed by atoms with van der Waals surface area (Å²) in [6, 6.07) is 4.02. The molecule has 130 valence electrons. The molecule has 0 spiro atoms. The maximum atomic E-state index is 12.3. The Morgan fingerprint density at radius 2 is 2.30 bits per heavy atom. The number of amides is 1. The van der Waals surface area contributed by atoms with Gasteiger partial charge in [-0.05, 0) is 44.6 Å². The van der Waals surface area contributed by atoms with E-state index in [1.54, 1.807) is 6.26 Å². The summed E-state index contributed by atoms with van der Waals surface area (Å²) in [7, 11) is 0. The van der Waals surface area contributed by atoms with Gasteiger partial charge >= 0.3 is 0 Å². The zero-order valence-electron chi connectivity index (χ0n) is 14.2. The second-order valence-electron chi connectivity index (χ2n) is 6.01. The highest BCUT2D eigenvalue weighted by Gasteiger charge is 2.26. The van der Waals surface area contributed by atoms with Crippen LogP contribution in [0.4, 0.5) is 0 Å². The molecule has 1 saturated heterocycles. The van der Waals surface area contributed by atoms with Gasteiger partial charge in [-0.3, -0.25) is 14.6 Å². The lowest BCUT2D eigenvalue weighted by Gasteiger charge is -2.29. The molecule has 0 aliphatic carbocycles. The van der Waals surface area contributed by atoms with Crippen molar-refractivity contribution in [3.63, 3.8) is 0 Å². The van der Waals surface area contributed by atoms with Crippen molar-refractivity contribution < 1.29 is 14.3 Å². The van der Waals surface area contributed by atoms with Crippen LogP contribution in [-0.2, 0) is 4.79 Å². The number of likely N-dealkylation sites (N-methyl/N-ethyl adjacent to an activating group) is 1. The molecule has 0 unspecified atom stereocenters. The summed E-state index contributed by atoms with van der Waals surface area (Å²) in [4.78, 5) is 16.6. The fourth-order valence-corrected chi connectivity index (χ4v) is 3.32. The molecule has 2 atom stereocenters. The van der Waals surface area contributed by atoms with Gasteiger partial charge in [0.25, 0.3) is 0 Å². The average Bonchev–Trinajstić information content (AvgIpc) is 3.22. The van der Waals surface area contributed by atoms with Crippen LogP contribution < -0.4 is 5.32 Å². The third kappa shape index (κ3) is 4.80. The van der Waals surface area contributed by atoms with E-state index in [2.05, 4.69) is 29.0 Å². The standard InChI is InChI=1S/C17H29N3O3/c1-3-19(4-2)15(16-8-6-10-23-16)11-18-17(22)12-20-9-5-7-14(20)13-21/h6,8,10,14-15,21H,3-5,7,9,11-13H2,1-2H3,(H,18,22)/t14-,15+/m1/s1. The number of hydrogen-bond donors (Lipinski definition) is 2. The van der Waals surface area contributed by atoms with E-state index in [0.29, 0.717) is 13.1 Å². The first kappa shape index (κ1) is 18.0. The van der Waals surface area contributed by atoms with Gasteiger partial charge in [0.2, 0.25) is 5.91 Å². The zero-order valence-corrected chi connectivity index (χ0v) is 14.2. The van der Waals surface area contributed by atoms with Gasteiger partial charge in [0.15, 0.2) is 0 Å². The Kier molecular flexibility index (Phi) is 7.08. The predicted octanol–water partition coefficient (Wildman–Crippen LogP) is 1.24. The van der Waals surface area contributed by atoms with Crippen LogP contribution in [0.25, 0.3) is 0 Å². The van der Waals surface area contributed by atoms with Crippen molar-refractivity contribution in [2.75, 3.05) is 39.3 Å². The van der Waals surface area contributed by atoms with Crippen LogP contribution in [0.15, 0.2) is 22.8 Å². The Labute approximate surface area is 138 Å². The fourth-order valence-electron chi connectivity index (χ4n) is 3.32. The number of aliphatic hydroxyl groups excluding tert-OH is 1. The summed E-state index contributed by atoms with van der Waals surface area (Å²) >= 11 is 0. The van der Waals surface area contributed by atoms with Crippen LogP contribution >= 0.6 is 0 Å². The molecule has 6 nitrogen and oxygen atoms in total. The van der Waals surface area contributed by atoms with Gasteiger partial charge in [-0.1, -0.05) is 13.8 Å². The smallest absolute Gasteiger partial charge is 0.234 e. The SMILES string of the molecule is CCN(CC)[C@@H](CNC(=O)CN1CCC[C@@H]1CO)c1ccco1. The normalized spacial score (nSPS) is 20.1. The highest BCUT2D eigenvalue weighted by atomic mass is 16.3. The quantitative estimate of drug-likeness (QED) is 0.715. The molecule has 6 heteroatoms. The fraction of sp³-hybridized carbons (Fsp3) is 0.706. The lowest BCUT2D eigenvalue weighted by atomic mass is 10.2. The Hall–Kier alpha value is -1.37. The number of rotatable bonds is 9. The van der Waals surface area contributed by atoms with Gasteiger partial charge in [-0.2, -0.15) is 0 Å². The Bertz CT molecular complexity index is 460. The lowest BCUT2D eigenvalue weighted by molar-refractivity contribution is -0.122. The van der Waals surface area contributed by atoms with Crippen molar-refractivity contribution in [1.29, 1.82) is 0 Å². The van der Waals surface area contributed by atoms with Crippen molar-refractivity contribution >= 4 is 5.91 Å².